The van der Waals surface area contributed by atoms with Crippen LogP contribution in [-0.4, -0.2) is 63.4 Å². The number of fused-ring (bicyclic) bond motifs is 1. The van der Waals surface area contributed by atoms with Crippen LogP contribution in [0, 0.1) is 5.41 Å². The minimum absolute atomic E-state index is 0.0193. The van der Waals surface area contributed by atoms with E-state index in [1.54, 1.807) is 13.3 Å². The maximum absolute atomic E-state index is 12.7. The van der Waals surface area contributed by atoms with Crippen LogP contribution in [0.3, 0.4) is 0 Å². The first-order valence-corrected chi connectivity index (χ1v) is 11.0. The molecule has 2 aliphatic rings. The minimum atomic E-state index is -0.161. The summed E-state index contributed by atoms with van der Waals surface area (Å²) in [6, 6.07) is 4.11. The standard InChI is InChI=1S/C22H32N6O3/c1-4-16(2)24-20(29)19-26-25-18-13-31-15-22(14-28(18)19)7-10-27(11-8-22)12-17-6-5-9-23-21(17)30-3/h5-6,9,16H,4,7-8,10-15H2,1-3H3,(H,24,29)/t16-/m0/s1. The summed E-state index contributed by atoms with van der Waals surface area (Å²) in [6.45, 7) is 8.54. The summed E-state index contributed by atoms with van der Waals surface area (Å²) in [4.78, 5) is 19.5. The first-order chi connectivity index (χ1) is 15.0. The van der Waals surface area contributed by atoms with Crippen molar-refractivity contribution in [2.24, 2.45) is 5.41 Å². The molecule has 0 aliphatic carbocycles. The van der Waals surface area contributed by atoms with Crippen LogP contribution in [0.4, 0.5) is 0 Å². The van der Waals surface area contributed by atoms with Crippen molar-refractivity contribution in [1.29, 1.82) is 0 Å². The lowest BCUT2D eigenvalue weighted by Crippen LogP contribution is -2.44. The molecule has 1 saturated heterocycles. The van der Waals surface area contributed by atoms with Crippen LogP contribution in [0.2, 0.25) is 0 Å². The third kappa shape index (κ3) is 4.72. The molecule has 0 saturated carbocycles. The Morgan fingerprint density at radius 2 is 2.16 bits per heavy atom. The van der Waals surface area contributed by atoms with E-state index in [2.05, 4.69) is 31.5 Å². The molecular formula is C22H32N6O3. The largest absolute Gasteiger partial charge is 0.481 e. The van der Waals surface area contributed by atoms with E-state index in [4.69, 9.17) is 9.47 Å². The van der Waals surface area contributed by atoms with E-state index in [1.807, 2.05) is 24.5 Å². The molecule has 0 bridgehead atoms. The number of pyridine rings is 1. The summed E-state index contributed by atoms with van der Waals surface area (Å²) >= 11 is 0. The van der Waals surface area contributed by atoms with E-state index in [0.717, 1.165) is 50.3 Å². The number of aromatic nitrogens is 4. The second kappa shape index (κ2) is 9.32. The Morgan fingerprint density at radius 1 is 1.35 bits per heavy atom. The number of nitrogens with zero attached hydrogens (tertiary/aromatic N) is 5. The van der Waals surface area contributed by atoms with Crippen molar-refractivity contribution in [3.63, 3.8) is 0 Å². The summed E-state index contributed by atoms with van der Waals surface area (Å²) in [5, 5.41) is 11.4. The predicted molar refractivity (Wildman–Crippen MR) is 115 cm³/mol. The maximum Gasteiger partial charge on any atom is 0.289 e. The molecule has 2 aliphatic heterocycles. The molecule has 9 nitrogen and oxygen atoms in total. The molecule has 1 fully saturated rings. The molecule has 1 atom stereocenters. The molecule has 0 unspecified atom stereocenters. The van der Waals surface area contributed by atoms with Gasteiger partial charge >= 0.3 is 0 Å². The van der Waals surface area contributed by atoms with Crippen LogP contribution in [-0.2, 0) is 24.4 Å². The fourth-order valence-corrected chi connectivity index (χ4v) is 4.36. The number of carbonyl (C=O) groups excluding carboxylic acids is 1. The van der Waals surface area contributed by atoms with Gasteiger partial charge in [0.2, 0.25) is 11.7 Å². The maximum atomic E-state index is 12.7. The normalized spacial score (nSPS) is 19.5. The van der Waals surface area contributed by atoms with Gasteiger partial charge in [0, 0.05) is 36.3 Å². The van der Waals surface area contributed by atoms with E-state index in [1.165, 1.54) is 0 Å². The van der Waals surface area contributed by atoms with E-state index in [-0.39, 0.29) is 17.4 Å². The Hall–Kier alpha value is -2.52. The summed E-state index contributed by atoms with van der Waals surface area (Å²) in [6.07, 6.45) is 4.60. The zero-order chi connectivity index (χ0) is 21.8. The van der Waals surface area contributed by atoms with Crippen LogP contribution >= 0.6 is 0 Å². The Balaban J connectivity index is 1.45. The van der Waals surface area contributed by atoms with Gasteiger partial charge in [-0.25, -0.2) is 4.98 Å². The summed E-state index contributed by atoms with van der Waals surface area (Å²) in [7, 11) is 1.66. The Morgan fingerprint density at radius 3 is 2.90 bits per heavy atom. The second-order valence-corrected chi connectivity index (χ2v) is 8.75. The lowest BCUT2D eigenvalue weighted by atomic mass is 9.78. The minimum Gasteiger partial charge on any atom is -0.481 e. The number of ether oxygens (including phenoxy) is 2. The zero-order valence-corrected chi connectivity index (χ0v) is 18.6. The highest BCUT2D eigenvalue weighted by Crippen LogP contribution is 2.37. The van der Waals surface area contributed by atoms with Crippen LogP contribution in [0.5, 0.6) is 5.88 Å². The van der Waals surface area contributed by atoms with Gasteiger partial charge in [-0.1, -0.05) is 13.0 Å². The fourth-order valence-electron chi connectivity index (χ4n) is 4.36. The first kappa shape index (κ1) is 21.7. The number of rotatable bonds is 6. The average Bonchev–Trinajstić information content (AvgIpc) is 3.09. The van der Waals surface area contributed by atoms with Crippen molar-refractivity contribution >= 4 is 5.91 Å². The SMILES string of the molecule is CC[C@H](C)NC(=O)c1nnc2n1CC1(CCN(Cc3cccnc3OC)CC1)COC2. The Labute approximate surface area is 183 Å². The van der Waals surface area contributed by atoms with Gasteiger partial charge in [-0.3, -0.25) is 9.69 Å². The van der Waals surface area contributed by atoms with Crippen molar-refractivity contribution in [1.82, 2.24) is 30.0 Å². The summed E-state index contributed by atoms with van der Waals surface area (Å²) in [5.41, 5.74) is 1.08. The second-order valence-electron chi connectivity index (χ2n) is 8.75. The molecule has 0 radical (unpaired) electrons. The molecule has 2 aromatic heterocycles. The van der Waals surface area contributed by atoms with Gasteiger partial charge in [0.25, 0.3) is 5.91 Å². The van der Waals surface area contributed by atoms with Crippen molar-refractivity contribution in [3.05, 3.63) is 35.5 Å². The molecule has 4 heterocycles. The van der Waals surface area contributed by atoms with Crippen LogP contribution in [0.1, 0.15) is 55.1 Å². The number of nitrogens with one attached hydrogen (secondary N) is 1. The van der Waals surface area contributed by atoms with Gasteiger partial charge in [-0.05, 0) is 45.3 Å². The molecule has 31 heavy (non-hydrogen) atoms. The van der Waals surface area contributed by atoms with Crippen molar-refractivity contribution in [2.75, 3.05) is 26.8 Å². The predicted octanol–water partition coefficient (Wildman–Crippen LogP) is 2.02. The van der Waals surface area contributed by atoms with Gasteiger partial charge in [0.15, 0.2) is 5.82 Å². The number of likely N-dealkylation sites (tertiary alicyclic amines) is 1. The number of hydrogen-bond donors (Lipinski definition) is 1. The fraction of sp³-hybridized carbons (Fsp3) is 0.636. The molecule has 1 spiro atoms. The number of carbonyl (C=O) groups is 1. The quantitative estimate of drug-likeness (QED) is 0.752. The van der Waals surface area contributed by atoms with Crippen molar-refractivity contribution < 1.29 is 14.3 Å². The lowest BCUT2D eigenvalue weighted by molar-refractivity contribution is -0.00583. The third-order valence-corrected chi connectivity index (χ3v) is 6.51. The average molecular weight is 429 g/mol. The highest BCUT2D eigenvalue weighted by atomic mass is 16.5. The van der Waals surface area contributed by atoms with Gasteiger partial charge in [0.05, 0.1) is 13.7 Å². The molecule has 4 rings (SSSR count). The van der Waals surface area contributed by atoms with Crippen molar-refractivity contribution in [2.45, 2.75) is 58.8 Å². The first-order valence-electron chi connectivity index (χ1n) is 11.0. The Bertz CT molecular complexity index is 906. The summed E-state index contributed by atoms with van der Waals surface area (Å²) < 4.78 is 13.4. The number of hydrogen-bond acceptors (Lipinski definition) is 7. The zero-order valence-electron chi connectivity index (χ0n) is 18.6. The number of piperidine rings is 1. The number of methoxy groups -OCH3 is 1. The molecule has 168 valence electrons. The molecule has 9 heteroatoms. The van der Waals surface area contributed by atoms with E-state index in [0.29, 0.717) is 31.5 Å². The van der Waals surface area contributed by atoms with E-state index in [9.17, 15) is 4.79 Å². The van der Waals surface area contributed by atoms with Crippen molar-refractivity contribution in [3.8, 4) is 5.88 Å². The molecule has 1 amide bonds. The van der Waals surface area contributed by atoms with Gasteiger partial charge in [-0.15, -0.1) is 10.2 Å². The third-order valence-electron chi connectivity index (χ3n) is 6.51. The summed E-state index contributed by atoms with van der Waals surface area (Å²) in [5.74, 6) is 1.65. The van der Waals surface area contributed by atoms with Crippen LogP contribution in [0.15, 0.2) is 18.3 Å². The van der Waals surface area contributed by atoms with Gasteiger partial charge in [-0.2, -0.15) is 0 Å². The number of amides is 1. The highest BCUT2D eigenvalue weighted by molar-refractivity contribution is 5.90. The molecule has 0 aromatic carbocycles. The van der Waals surface area contributed by atoms with Gasteiger partial charge in [0.1, 0.15) is 6.61 Å². The topological polar surface area (TPSA) is 94.4 Å². The Kier molecular flexibility index (Phi) is 6.52. The van der Waals surface area contributed by atoms with Gasteiger partial charge < -0.3 is 19.4 Å². The van der Waals surface area contributed by atoms with Crippen LogP contribution in [0.25, 0.3) is 0 Å². The highest BCUT2D eigenvalue weighted by Gasteiger charge is 2.39. The monoisotopic (exact) mass is 428 g/mol. The molecule has 2 aromatic rings. The molecule has 1 N–H and O–H groups in total. The van der Waals surface area contributed by atoms with Crippen LogP contribution < -0.4 is 10.1 Å². The molecular weight excluding hydrogens is 396 g/mol. The van der Waals surface area contributed by atoms with E-state index >= 15 is 0 Å². The smallest absolute Gasteiger partial charge is 0.289 e. The van der Waals surface area contributed by atoms with E-state index < -0.39 is 0 Å². The lowest BCUT2D eigenvalue weighted by Gasteiger charge is -2.41.